The Kier molecular flexibility index (Phi) is 4.55. The molecule has 0 radical (unpaired) electrons. The van der Waals surface area contributed by atoms with Crippen LogP contribution in [0, 0.1) is 0 Å². The summed E-state index contributed by atoms with van der Waals surface area (Å²) in [6, 6.07) is 4.77. The third-order valence-corrected chi connectivity index (χ3v) is 6.23. The van der Waals surface area contributed by atoms with E-state index < -0.39 is 9.84 Å². The molecule has 144 valence electrons. The van der Waals surface area contributed by atoms with Crippen LogP contribution in [0.15, 0.2) is 59.0 Å². The molecule has 10 heteroatoms. The van der Waals surface area contributed by atoms with Gasteiger partial charge in [0.25, 0.3) is 0 Å². The first kappa shape index (κ1) is 18.1. The lowest BCUT2D eigenvalue weighted by molar-refractivity contribution is 0.198. The van der Waals surface area contributed by atoms with Crippen molar-refractivity contribution in [3.8, 4) is 0 Å². The molecule has 1 N–H and O–H groups in total. The fourth-order valence-corrected chi connectivity index (χ4v) is 4.18. The molecule has 9 nitrogen and oxygen atoms in total. The first-order chi connectivity index (χ1) is 13.4. The number of amides is 2. The highest BCUT2D eigenvalue weighted by molar-refractivity contribution is 7.91. The zero-order valence-corrected chi connectivity index (χ0v) is 15.9. The van der Waals surface area contributed by atoms with Crippen LogP contribution in [0.4, 0.5) is 4.79 Å². The van der Waals surface area contributed by atoms with Crippen LogP contribution in [0.25, 0.3) is 0 Å². The van der Waals surface area contributed by atoms with Crippen molar-refractivity contribution in [2.24, 2.45) is 7.05 Å². The number of aryl methyl sites for hydroxylation is 1. The lowest BCUT2D eigenvalue weighted by Crippen LogP contribution is -2.36. The third-order valence-electron chi connectivity index (χ3n) is 4.53. The Morgan fingerprint density at radius 1 is 1.11 bits per heavy atom. The van der Waals surface area contributed by atoms with Crippen LogP contribution < -0.4 is 5.32 Å². The Morgan fingerprint density at radius 2 is 1.93 bits per heavy atom. The summed E-state index contributed by atoms with van der Waals surface area (Å²) >= 11 is 0. The standard InChI is InChI=1S/C18H18N6O3S/c1-23-12-17(9-22-23)28(26,27)16-3-2-15(20-8-16)7-21-18(25)24-10-13-4-5-19-6-14(13)11-24/h2-6,8-9,12H,7,10-11H2,1H3,(H,21,25). The van der Waals surface area contributed by atoms with E-state index in [9.17, 15) is 13.2 Å². The van der Waals surface area contributed by atoms with E-state index >= 15 is 0 Å². The van der Waals surface area contributed by atoms with Crippen molar-refractivity contribution in [3.63, 3.8) is 0 Å². The van der Waals surface area contributed by atoms with Crippen molar-refractivity contribution in [2.75, 3.05) is 0 Å². The van der Waals surface area contributed by atoms with Crippen molar-refractivity contribution in [3.05, 3.63) is 66.0 Å². The van der Waals surface area contributed by atoms with Crippen LogP contribution in [0.1, 0.15) is 16.8 Å². The van der Waals surface area contributed by atoms with Gasteiger partial charge in [0.2, 0.25) is 9.84 Å². The molecule has 0 aromatic carbocycles. The van der Waals surface area contributed by atoms with E-state index in [4.69, 9.17) is 0 Å². The molecule has 1 aliphatic rings. The molecule has 4 rings (SSSR count). The highest BCUT2D eigenvalue weighted by Gasteiger charge is 2.23. The molecule has 0 aliphatic carbocycles. The molecule has 0 atom stereocenters. The number of fused-ring (bicyclic) bond motifs is 1. The Morgan fingerprint density at radius 3 is 2.61 bits per heavy atom. The van der Waals surface area contributed by atoms with Crippen LogP contribution in [-0.2, 0) is 36.5 Å². The van der Waals surface area contributed by atoms with Gasteiger partial charge in [-0.05, 0) is 29.3 Å². The van der Waals surface area contributed by atoms with Gasteiger partial charge in [0.05, 0.1) is 23.3 Å². The van der Waals surface area contributed by atoms with E-state index in [0.717, 1.165) is 11.1 Å². The largest absolute Gasteiger partial charge is 0.332 e. The summed E-state index contributed by atoms with van der Waals surface area (Å²) in [5, 5.41) is 6.70. The summed E-state index contributed by atoms with van der Waals surface area (Å²) in [7, 11) is -2.01. The Labute approximate surface area is 162 Å². The van der Waals surface area contributed by atoms with Crippen LogP contribution in [-0.4, -0.2) is 39.1 Å². The molecule has 2 amide bonds. The fourth-order valence-electron chi connectivity index (χ4n) is 2.99. The number of aromatic nitrogens is 4. The number of carbonyl (C=O) groups is 1. The lowest BCUT2D eigenvalue weighted by atomic mass is 10.2. The Bertz CT molecular complexity index is 1100. The Hall–Kier alpha value is -3.27. The van der Waals surface area contributed by atoms with Gasteiger partial charge < -0.3 is 10.2 Å². The van der Waals surface area contributed by atoms with Gasteiger partial charge in [-0.1, -0.05) is 0 Å². The first-order valence-corrected chi connectivity index (χ1v) is 10.0. The maximum atomic E-state index is 12.5. The number of nitrogens with zero attached hydrogens (tertiary/aromatic N) is 5. The molecule has 28 heavy (non-hydrogen) atoms. The van der Waals surface area contributed by atoms with Gasteiger partial charge >= 0.3 is 6.03 Å². The zero-order valence-electron chi connectivity index (χ0n) is 15.1. The van der Waals surface area contributed by atoms with Gasteiger partial charge in [-0.2, -0.15) is 5.10 Å². The number of sulfone groups is 1. The number of nitrogens with one attached hydrogen (secondary N) is 1. The van der Waals surface area contributed by atoms with Gasteiger partial charge in [0.15, 0.2) is 0 Å². The average molecular weight is 398 g/mol. The fraction of sp³-hybridized carbons (Fsp3) is 0.222. The van der Waals surface area contributed by atoms with Gasteiger partial charge in [-0.3, -0.25) is 14.6 Å². The van der Waals surface area contributed by atoms with Crippen molar-refractivity contribution in [2.45, 2.75) is 29.4 Å². The summed E-state index contributed by atoms with van der Waals surface area (Å²) in [5.41, 5.74) is 2.70. The van der Waals surface area contributed by atoms with E-state index in [0.29, 0.717) is 18.8 Å². The predicted molar refractivity (Wildman–Crippen MR) is 98.6 cm³/mol. The normalized spacial score (nSPS) is 13.4. The second-order valence-electron chi connectivity index (χ2n) is 6.50. The molecule has 0 bridgehead atoms. The third kappa shape index (κ3) is 3.46. The highest BCUT2D eigenvalue weighted by atomic mass is 32.2. The minimum Gasteiger partial charge on any atom is -0.332 e. The van der Waals surface area contributed by atoms with Gasteiger partial charge in [0, 0.05) is 44.9 Å². The topological polar surface area (TPSA) is 110 Å². The second-order valence-corrected chi connectivity index (χ2v) is 8.45. The summed E-state index contributed by atoms with van der Waals surface area (Å²) in [6.45, 7) is 1.27. The number of pyridine rings is 2. The molecular formula is C18H18N6O3S. The number of hydrogen-bond donors (Lipinski definition) is 1. The monoisotopic (exact) mass is 398 g/mol. The highest BCUT2D eigenvalue weighted by Crippen LogP contribution is 2.21. The molecule has 0 spiro atoms. The smallest absolute Gasteiger partial charge is 0.318 e. The van der Waals surface area contributed by atoms with E-state index in [1.165, 1.54) is 29.3 Å². The summed E-state index contributed by atoms with van der Waals surface area (Å²) in [4.78, 5) is 22.5. The van der Waals surface area contributed by atoms with Gasteiger partial charge in [-0.25, -0.2) is 13.2 Å². The van der Waals surface area contributed by atoms with Crippen LogP contribution in [0.3, 0.4) is 0 Å². The van der Waals surface area contributed by atoms with Crippen molar-refractivity contribution in [1.82, 2.24) is 30.0 Å². The number of rotatable bonds is 4. The number of hydrogen-bond acceptors (Lipinski definition) is 6. The lowest BCUT2D eigenvalue weighted by Gasteiger charge is -2.16. The predicted octanol–water partition coefficient (Wildman–Crippen LogP) is 1.27. The zero-order chi connectivity index (χ0) is 19.7. The van der Waals surface area contributed by atoms with E-state index in [1.54, 1.807) is 30.4 Å². The van der Waals surface area contributed by atoms with Crippen molar-refractivity contribution >= 4 is 15.9 Å². The second kappa shape index (κ2) is 7.04. The summed E-state index contributed by atoms with van der Waals surface area (Å²) < 4.78 is 26.5. The number of urea groups is 1. The molecular weight excluding hydrogens is 380 g/mol. The molecule has 1 aliphatic heterocycles. The quantitative estimate of drug-likeness (QED) is 0.709. The summed E-state index contributed by atoms with van der Waals surface area (Å²) in [5.74, 6) is 0. The molecule has 3 aromatic rings. The van der Waals surface area contributed by atoms with E-state index in [2.05, 4.69) is 20.4 Å². The van der Waals surface area contributed by atoms with Crippen molar-refractivity contribution in [1.29, 1.82) is 0 Å². The van der Waals surface area contributed by atoms with Crippen LogP contribution >= 0.6 is 0 Å². The van der Waals surface area contributed by atoms with Gasteiger partial charge in [0.1, 0.15) is 4.90 Å². The van der Waals surface area contributed by atoms with E-state index in [1.807, 2.05) is 6.07 Å². The first-order valence-electron chi connectivity index (χ1n) is 8.57. The molecule has 0 saturated carbocycles. The minimum absolute atomic E-state index is 0.0815. The maximum Gasteiger partial charge on any atom is 0.318 e. The van der Waals surface area contributed by atoms with Crippen LogP contribution in [0.2, 0.25) is 0 Å². The molecule has 0 unspecified atom stereocenters. The Balaban J connectivity index is 1.38. The number of carbonyl (C=O) groups excluding carboxylic acids is 1. The molecule has 3 aromatic heterocycles. The molecule has 4 heterocycles. The van der Waals surface area contributed by atoms with Crippen LogP contribution in [0.5, 0.6) is 0 Å². The average Bonchev–Trinajstić information content (AvgIpc) is 3.33. The SMILES string of the molecule is Cn1cc(S(=O)(=O)c2ccc(CNC(=O)N3Cc4ccncc4C3)nc2)cn1. The van der Waals surface area contributed by atoms with E-state index in [-0.39, 0.29) is 22.4 Å². The molecule has 0 fully saturated rings. The van der Waals surface area contributed by atoms with Crippen molar-refractivity contribution < 1.29 is 13.2 Å². The molecule has 0 saturated heterocycles. The summed E-state index contributed by atoms with van der Waals surface area (Å²) in [6.07, 6.45) is 7.51. The van der Waals surface area contributed by atoms with Gasteiger partial charge in [-0.15, -0.1) is 0 Å². The minimum atomic E-state index is -3.66. The maximum absolute atomic E-state index is 12.5.